The first-order valence-electron chi connectivity index (χ1n) is 7.27. The normalized spacial score (nSPS) is 28.9. The van der Waals surface area contributed by atoms with E-state index in [-0.39, 0.29) is 6.04 Å². The van der Waals surface area contributed by atoms with Gasteiger partial charge in [0.25, 0.3) is 0 Å². The molecule has 116 valence electrons. The highest BCUT2D eigenvalue weighted by Crippen LogP contribution is 2.39. The maximum atomic E-state index is 12.9. The largest absolute Gasteiger partial charge is 0.347 e. The van der Waals surface area contributed by atoms with E-state index < -0.39 is 20.9 Å². The van der Waals surface area contributed by atoms with Crippen LogP contribution in [0.1, 0.15) is 24.8 Å². The van der Waals surface area contributed by atoms with Gasteiger partial charge in [-0.3, -0.25) is 0 Å². The van der Waals surface area contributed by atoms with E-state index in [4.69, 9.17) is 15.2 Å². The molecule has 6 heteroatoms. The van der Waals surface area contributed by atoms with Crippen LogP contribution in [0, 0.1) is 6.92 Å². The van der Waals surface area contributed by atoms with Crippen LogP contribution >= 0.6 is 0 Å². The molecule has 2 aliphatic rings. The molecule has 1 saturated heterocycles. The summed E-state index contributed by atoms with van der Waals surface area (Å²) < 4.78 is 37.1. The predicted octanol–water partition coefficient (Wildman–Crippen LogP) is 1.39. The van der Waals surface area contributed by atoms with Crippen molar-refractivity contribution >= 4 is 9.84 Å². The number of rotatable bonds is 2. The highest BCUT2D eigenvalue weighted by molar-refractivity contribution is 7.92. The Bertz CT molecular complexity index is 605. The summed E-state index contributed by atoms with van der Waals surface area (Å²) in [5.41, 5.74) is 7.12. The Morgan fingerprint density at radius 1 is 1.19 bits per heavy atom. The van der Waals surface area contributed by atoms with Gasteiger partial charge >= 0.3 is 0 Å². The van der Waals surface area contributed by atoms with E-state index in [1.54, 1.807) is 24.3 Å². The monoisotopic (exact) mass is 311 g/mol. The van der Waals surface area contributed by atoms with Crippen LogP contribution in [0.2, 0.25) is 0 Å². The first kappa shape index (κ1) is 15.0. The lowest BCUT2D eigenvalue weighted by molar-refractivity contribution is -0.177. The van der Waals surface area contributed by atoms with Crippen LogP contribution in [-0.4, -0.2) is 38.7 Å². The number of nitrogens with two attached hydrogens (primary N) is 1. The topological polar surface area (TPSA) is 78.6 Å². The van der Waals surface area contributed by atoms with Crippen LogP contribution in [0.15, 0.2) is 29.2 Å². The van der Waals surface area contributed by atoms with E-state index in [9.17, 15) is 8.42 Å². The molecule has 3 rings (SSSR count). The molecule has 1 spiro atoms. The highest BCUT2D eigenvalue weighted by Gasteiger charge is 2.48. The number of ether oxygens (including phenoxy) is 2. The van der Waals surface area contributed by atoms with Gasteiger partial charge in [-0.25, -0.2) is 8.42 Å². The zero-order valence-corrected chi connectivity index (χ0v) is 12.9. The van der Waals surface area contributed by atoms with Crippen molar-refractivity contribution in [2.45, 2.75) is 48.2 Å². The predicted molar refractivity (Wildman–Crippen MR) is 78.6 cm³/mol. The van der Waals surface area contributed by atoms with Gasteiger partial charge in [-0.2, -0.15) is 0 Å². The summed E-state index contributed by atoms with van der Waals surface area (Å²) in [6, 6.07) is 6.53. The van der Waals surface area contributed by atoms with Gasteiger partial charge in [0.1, 0.15) is 0 Å². The lowest BCUT2D eigenvalue weighted by Crippen LogP contribution is -2.52. The second kappa shape index (κ2) is 5.35. The molecule has 0 radical (unpaired) electrons. The number of benzene rings is 1. The minimum absolute atomic E-state index is 0.310. The van der Waals surface area contributed by atoms with Crippen molar-refractivity contribution in [2.75, 3.05) is 13.2 Å². The third-order valence-corrected chi connectivity index (χ3v) is 6.65. The first-order chi connectivity index (χ1) is 9.93. The lowest BCUT2D eigenvalue weighted by Gasteiger charge is -2.39. The number of aryl methyl sites for hydroxylation is 1. The third-order valence-electron chi connectivity index (χ3n) is 4.41. The molecule has 2 unspecified atom stereocenters. The summed E-state index contributed by atoms with van der Waals surface area (Å²) in [6.07, 6.45) is 1.56. The molecule has 0 amide bonds. The minimum Gasteiger partial charge on any atom is -0.347 e. The van der Waals surface area contributed by atoms with Crippen LogP contribution in [0.4, 0.5) is 0 Å². The van der Waals surface area contributed by atoms with E-state index in [2.05, 4.69) is 0 Å². The SMILES string of the molecule is Cc1ccc(S(=O)(=O)C2CC3(CCC2N)OCCO3)cc1. The molecule has 1 aliphatic heterocycles. The lowest BCUT2D eigenvalue weighted by atomic mass is 9.90. The van der Waals surface area contributed by atoms with Crippen LogP contribution < -0.4 is 5.73 Å². The van der Waals surface area contributed by atoms with Crippen molar-refractivity contribution in [1.29, 1.82) is 0 Å². The van der Waals surface area contributed by atoms with Crippen LogP contribution in [0.25, 0.3) is 0 Å². The molecule has 2 fully saturated rings. The molecular weight excluding hydrogens is 290 g/mol. The first-order valence-corrected chi connectivity index (χ1v) is 8.82. The molecule has 1 saturated carbocycles. The second-order valence-electron chi connectivity index (χ2n) is 5.91. The quantitative estimate of drug-likeness (QED) is 0.893. The molecule has 0 aromatic heterocycles. The summed E-state index contributed by atoms with van der Waals surface area (Å²) in [5.74, 6) is -0.752. The Morgan fingerprint density at radius 2 is 1.81 bits per heavy atom. The summed E-state index contributed by atoms with van der Waals surface area (Å²) in [5, 5.41) is -0.660. The third kappa shape index (κ3) is 2.73. The zero-order chi connectivity index (χ0) is 15.1. The smallest absolute Gasteiger partial charge is 0.182 e. The maximum Gasteiger partial charge on any atom is 0.182 e. The summed E-state index contributed by atoms with van der Waals surface area (Å²) in [6.45, 7) is 2.97. The average Bonchev–Trinajstić information content (AvgIpc) is 2.91. The van der Waals surface area contributed by atoms with Gasteiger partial charge < -0.3 is 15.2 Å². The molecule has 1 aromatic rings. The number of hydrogen-bond acceptors (Lipinski definition) is 5. The van der Waals surface area contributed by atoms with Gasteiger partial charge in [0, 0.05) is 18.9 Å². The summed E-state index contributed by atoms with van der Waals surface area (Å²) in [7, 11) is -3.48. The molecule has 0 bridgehead atoms. The Kier molecular flexibility index (Phi) is 3.81. The van der Waals surface area contributed by atoms with Crippen LogP contribution in [-0.2, 0) is 19.3 Å². The summed E-state index contributed by atoms with van der Waals surface area (Å²) in [4.78, 5) is 0.323. The molecule has 1 aromatic carbocycles. The number of hydrogen-bond donors (Lipinski definition) is 1. The fourth-order valence-electron chi connectivity index (χ4n) is 3.13. The van der Waals surface area contributed by atoms with E-state index in [1.807, 2.05) is 6.92 Å². The van der Waals surface area contributed by atoms with Crippen LogP contribution in [0.5, 0.6) is 0 Å². The van der Waals surface area contributed by atoms with E-state index in [0.717, 1.165) is 5.56 Å². The van der Waals surface area contributed by atoms with Crippen molar-refractivity contribution < 1.29 is 17.9 Å². The highest BCUT2D eigenvalue weighted by atomic mass is 32.2. The van der Waals surface area contributed by atoms with Gasteiger partial charge in [-0.05, 0) is 25.5 Å². The Morgan fingerprint density at radius 3 is 2.43 bits per heavy atom. The zero-order valence-electron chi connectivity index (χ0n) is 12.1. The molecule has 21 heavy (non-hydrogen) atoms. The molecule has 5 nitrogen and oxygen atoms in total. The maximum absolute atomic E-state index is 12.9. The van der Waals surface area contributed by atoms with Gasteiger partial charge in [0.2, 0.25) is 0 Å². The Labute approximate surface area is 125 Å². The average molecular weight is 311 g/mol. The molecule has 1 heterocycles. The van der Waals surface area contributed by atoms with Gasteiger partial charge in [-0.1, -0.05) is 17.7 Å². The molecular formula is C15H21NO4S. The van der Waals surface area contributed by atoms with Crippen molar-refractivity contribution in [3.05, 3.63) is 29.8 Å². The number of sulfone groups is 1. The Balaban J connectivity index is 1.91. The fraction of sp³-hybridized carbons (Fsp3) is 0.600. The fourth-order valence-corrected chi connectivity index (χ4v) is 5.07. The standard InChI is InChI=1S/C15H21NO4S/c1-11-2-4-12(5-3-11)21(17,18)14-10-15(7-6-13(14)16)19-8-9-20-15/h2-5,13-14H,6-10,16H2,1H3. The van der Waals surface area contributed by atoms with Crippen molar-refractivity contribution in [3.63, 3.8) is 0 Å². The summed E-state index contributed by atoms with van der Waals surface area (Å²) >= 11 is 0. The van der Waals surface area contributed by atoms with Gasteiger partial charge in [-0.15, -0.1) is 0 Å². The molecule has 2 atom stereocenters. The molecule has 1 aliphatic carbocycles. The second-order valence-corrected chi connectivity index (χ2v) is 8.08. The minimum atomic E-state index is -3.48. The van der Waals surface area contributed by atoms with Gasteiger partial charge in [0.15, 0.2) is 15.6 Å². The Hall–Kier alpha value is -0.950. The van der Waals surface area contributed by atoms with Crippen molar-refractivity contribution in [1.82, 2.24) is 0 Å². The van der Waals surface area contributed by atoms with Crippen molar-refractivity contribution in [3.8, 4) is 0 Å². The van der Waals surface area contributed by atoms with E-state index in [1.165, 1.54) is 0 Å². The van der Waals surface area contributed by atoms with Crippen LogP contribution in [0.3, 0.4) is 0 Å². The van der Waals surface area contributed by atoms with E-state index >= 15 is 0 Å². The van der Waals surface area contributed by atoms with Gasteiger partial charge in [0.05, 0.1) is 23.4 Å². The molecule has 2 N–H and O–H groups in total. The van der Waals surface area contributed by atoms with Crippen molar-refractivity contribution in [2.24, 2.45) is 5.73 Å². The van der Waals surface area contributed by atoms with E-state index in [0.29, 0.717) is 37.4 Å².